The van der Waals surface area contributed by atoms with Crippen LogP contribution < -0.4 is 0 Å². The van der Waals surface area contributed by atoms with E-state index in [1.165, 1.54) is 4.31 Å². The molecule has 1 rings (SSSR count). The molecule has 17 heavy (non-hydrogen) atoms. The highest BCUT2D eigenvalue weighted by atomic mass is 79.9. The molecule has 0 saturated carbocycles. The quantitative estimate of drug-likeness (QED) is 0.709. The lowest BCUT2D eigenvalue weighted by Gasteiger charge is -2.38. The molecule has 2 atom stereocenters. The van der Waals surface area contributed by atoms with Crippen molar-refractivity contribution < 1.29 is 13.2 Å². The molecule has 1 aliphatic rings. The summed E-state index contributed by atoms with van der Waals surface area (Å²) < 4.78 is 33.4. The number of rotatable bonds is 5. The molecule has 0 amide bonds. The molecule has 7 heteroatoms. The minimum atomic E-state index is -3.35. The van der Waals surface area contributed by atoms with Gasteiger partial charge < -0.3 is 4.74 Å². The molecule has 0 aliphatic carbocycles. The van der Waals surface area contributed by atoms with Gasteiger partial charge in [-0.05, 0) is 6.92 Å². The van der Waals surface area contributed by atoms with E-state index < -0.39 is 10.2 Å². The van der Waals surface area contributed by atoms with E-state index in [-0.39, 0.29) is 12.1 Å². The Kier molecular flexibility index (Phi) is 5.85. The lowest BCUT2D eigenvalue weighted by molar-refractivity contribution is -0.0158. The Morgan fingerprint density at radius 1 is 1.41 bits per heavy atom. The van der Waals surface area contributed by atoms with Gasteiger partial charge in [-0.1, -0.05) is 29.8 Å². The van der Waals surface area contributed by atoms with Crippen LogP contribution in [0.3, 0.4) is 0 Å². The van der Waals surface area contributed by atoms with E-state index in [1.54, 1.807) is 4.31 Å². The van der Waals surface area contributed by atoms with E-state index >= 15 is 0 Å². The molecule has 102 valence electrons. The van der Waals surface area contributed by atoms with Gasteiger partial charge in [0.1, 0.15) is 0 Å². The summed E-state index contributed by atoms with van der Waals surface area (Å²) in [6.07, 6.45) is -0.0588. The van der Waals surface area contributed by atoms with Crippen molar-refractivity contribution in [3.63, 3.8) is 0 Å². The molecule has 0 spiro atoms. The van der Waals surface area contributed by atoms with Gasteiger partial charge in [0.2, 0.25) is 0 Å². The Balaban J connectivity index is 2.88. The van der Waals surface area contributed by atoms with Crippen LogP contribution in [0.4, 0.5) is 0 Å². The maximum atomic E-state index is 12.4. The minimum Gasteiger partial charge on any atom is -0.374 e. The van der Waals surface area contributed by atoms with Crippen molar-refractivity contribution in [3.05, 3.63) is 0 Å². The number of hydrogen-bond acceptors (Lipinski definition) is 3. The number of morpholine rings is 1. The third kappa shape index (κ3) is 3.41. The van der Waals surface area contributed by atoms with Crippen molar-refractivity contribution in [2.75, 3.05) is 31.6 Å². The second-order valence-corrected chi connectivity index (χ2v) is 6.65. The van der Waals surface area contributed by atoms with Gasteiger partial charge in [-0.25, -0.2) is 0 Å². The van der Waals surface area contributed by atoms with Gasteiger partial charge in [0.05, 0.1) is 12.7 Å². The topological polar surface area (TPSA) is 49.9 Å². The van der Waals surface area contributed by atoms with Gasteiger partial charge in [0.25, 0.3) is 10.2 Å². The highest BCUT2D eigenvalue weighted by Crippen LogP contribution is 2.19. The monoisotopic (exact) mass is 328 g/mol. The van der Waals surface area contributed by atoms with E-state index in [4.69, 9.17) is 4.74 Å². The Hall–Kier alpha value is 0.310. The van der Waals surface area contributed by atoms with Crippen molar-refractivity contribution in [2.45, 2.75) is 32.9 Å². The summed E-state index contributed by atoms with van der Waals surface area (Å²) in [5.74, 6) is 0. The Morgan fingerprint density at radius 2 is 2.00 bits per heavy atom. The van der Waals surface area contributed by atoms with Crippen LogP contribution in [0.15, 0.2) is 0 Å². The lowest BCUT2D eigenvalue weighted by Crippen LogP contribution is -2.55. The molecular formula is C10H21BrN2O3S. The summed E-state index contributed by atoms with van der Waals surface area (Å²) in [7, 11) is -3.35. The summed E-state index contributed by atoms with van der Waals surface area (Å²) in [6, 6.07) is -0.101. The van der Waals surface area contributed by atoms with Crippen LogP contribution in [0, 0.1) is 0 Å². The Bertz CT molecular complexity index is 332. The van der Waals surface area contributed by atoms with Crippen LogP contribution in [0.25, 0.3) is 0 Å². The average molecular weight is 329 g/mol. The summed E-state index contributed by atoms with van der Waals surface area (Å²) in [6.45, 7) is 7.47. The van der Waals surface area contributed by atoms with E-state index in [0.29, 0.717) is 31.6 Å². The third-order valence-electron chi connectivity index (χ3n) is 2.95. The van der Waals surface area contributed by atoms with Crippen molar-refractivity contribution in [2.24, 2.45) is 0 Å². The van der Waals surface area contributed by atoms with Crippen molar-refractivity contribution in [3.8, 4) is 0 Å². The number of ether oxygens (including phenoxy) is 1. The summed E-state index contributed by atoms with van der Waals surface area (Å²) >= 11 is 3.34. The standard InChI is InChI=1S/C10H21BrN2O3S/c1-4-12(5-2)17(14,15)13-7-10(6-11)16-8-9(13)3/h9-10H,4-8H2,1-3H3. The Labute approximate surface area is 112 Å². The molecule has 1 fully saturated rings. The van der Waals surface area contributed by atoms with Gasteiger partial charge >= 0.3 is 0 Å². The molecular weight excluding hydrogens is 308 g/mol. The van der Waals surface area contributed by atoms with Gasteiger partial charge in [-0.2, -0.15) is 17.0 Å². The number of hydrogen-bond donors (Lipinski definition) is 0. The van der Waals surface area contributed by atoms with Crippen LogP contribution in [-0.2, 0) is 14.9 Å². The predicted octanol–water partition coefficient (Wildman–Crippen LogP) is 1.06. The smallest absolute Gasteiger partial charge is 0.282 e. The molecule has 0 aromatic heterocycles. The number of nitrogens with zero attached hydrogens (tertiary/aromatic N) is 2. The van der Waals surface area contributed by atoms with Gasteiger partial charge in [-0.3, -0.25) is 0 Å². The second kappa shape index (κ2) is 6.47. The predicted molar refractivity (Wildman–Crippen MR) is 71.5 cm³/mol. The van der Waals surface area contributed by atoms with Gasteiger partial charge in [0, 0.05) is 31.0 Å². The molecule has 0 N–H and O–H groups in total. The highest BCUT2D eigenvalue weighted by Gasteiger charge is 2.36. The molecule has 0 bridgehead atoms. The SMILES string of the molecule is CCN(CC)S(=O)(=O)N1CC(CBr)OCC1C. The van der Waals surface area contributed by atoms with Crippen molar-refractivity contribution in [1.82, 2.24) is 8.61 Å². The van der Waals surface area contributed by atoms with Crippen molar-refractivity contribution >= 4 is 26.1 Å². The number of alkyl halides is 1. The molecule has 0 radical (unpaired) electrons. The first-order chi connectivity index (χ1) is 7.97. The molecule has 5 nitrogen and oxygen atoms in total. The van der Waals surface area contributed by atoms with Crippen molar-refractivity contribution in [1.29, 1.82) is 0 Å². The Morgan fingerprint density at radius 3 is 2.47 bits per heavy atom. The molecule has 1 aliphatic heterocycles. The van der Waals surface area contributed by atoms with Gasteiger partial charge in [0.15, 0.2) is 0 Å². The molecule has 1 heterocycles. The summed E-state index contributed by atoms with van der Waals surface area (Å²) in [5.41, 5.74) is 0. The number of halogens is 1. The first kappa shape index (κ1) is 15.4. The van der Waals surface area contributed by atoms with Crippen LogP contribution in [0.2, 0.25) is 0 Å². The fourth-order valence-corrected chi connectivity index (χ4v) is 4.12. The normalized spacial score (nSPS) is 27.6. The highest BCUT2D eigenvalue weighted by molar-refractivity contribution is 9.09. The first-order valence-corrected chi connectivity index (χ1v) is 8.43. The maximum absolute atomic E-state index is 12.4. The van der Waals surface area contributed by atoms with Crippen LogP contribution >= 0.6 is 15.9 Å². The summed E-state index contributed by atoms with van der Waals surface area (Å²) in [4.78, 5) is 0. The van der Waals surface area contributed by atoms with Crippen LogP contribution in [0.5, 0.6) is 0 Å². The minimum absolute atomic E-state index is 0.0588. The zero-order valence-corrected chi connectivity index (χ0v) is 13.0. The molecule has 1 saturated heterocycles. The average Bonchev–Trinajstić information content (AvgIpc) is 2.30. The van der Waals surface area contributed by atoms with E-state index in [1.807, 2.05) is 20.8 Å². The second-order valence-electron chi connectivity index (χ2n) is 4.12. The van der Waals surface area contributed by atoms with E-state index in [2.05, 4.69) is 15.9 Å². The maximum Gasteiger partial charge on any atom is 0.282 e. The molecule has 0 aromatic carbocycles. The van der Waals surface area contributed by atoms with E-state index in [0.717, 1.165) is 0 Å². The fourth-order valence-electron chi connectivity index (χ4n) is 1.90. The molecule has 0 aromatic rings. The van der Waals surface area contributed by atoms with Crippen LogP contribution in [0.1, 0.15) is 20.8 Å². The van der Waals surface area contributed by atoms with Crippen LogP contribution in [-0.4, -0.2) is 60.7 Å². The zero-order chi connectivity index (χ0) is 13.1. The van der Waals surface area contributed by atoms with Gasteiger partial charge in [-0.15, -0.1) is 0 Å². The fraction of sp³-hybridized carbons (Fsp3) is 1.00. The third-order valence-corrected chi connectivity index (χ3v) is 5.94. The zero-order valence-electron chi connectivity index (χ0n) is 10.6. The largest absolute Gasteiger partial charge is 0.374 e. The van der Waals surface area contributed by atoms with E-state index in [9.17, 15) is 8.42 Å². The first-order valence-electron chi connectivity index (χ1n) is 5.91. The lowest BCUT2D eigenvalue weighted by atomic mass is 10.2. The molecule has 2 unspecified atom stereocenters. The summed E-state index contributed by atoms with van der Waals surface area (Å²) in [5, 5.41) is 0.657.